The molecule has 0 aromatic heterocycles. The second-order valence-electron chi connectivity index (χ2n) is 5.70. The Labute approximate surface area is 131 Å². The lowest BCUT2D eigenvalue weighted by molar-refractivity contribution is -0.110. The Morgan fingerprint density at radius 3 is 1.91 bits per heavy atom. The molecule has 0 heterocycles. The molecule has 0 N–H and O–H groups in total. The van der Waals surface area contributed by atoms with E-state index in [1.165, 1.54) is 12.2 Å². The predicted molar refractivity (Wildman–Crippen MR) is 87.7 cm³/mol. The quantitative estimate of drug-likeness (QED) is 0.802. The van der Waals surface area contributed by atoms with Crippen LogP contribution in [0.25, 0.3) is 0 Å². The maximum atomic E-state index is 12.4. The molecule has 0 aliphatic heterocycles. The SMILES string of the molecule is CC1=CC(=O)C=C(C)C1=NS(=O)(=O)c1ccc(C(C)C)cc1. The summed E-state index contributed by atoms with van der Waals surface area (Å²) in [5, 5.41) is 0. The molecule has 4 nitrogen and oxygen atoms in total. The van der Waals surface area contributed by atoms with Gasteiger partial charge in [-0.2, -0.15) is 12.8 Å². The van der Waals surface area contributed by atoms with Gasteiger partial charge in [0.15, 0.2) is 5.78 Å². The number of carbonyl (C=O) groups excluding carboxylic acids is 1. The van der Waals surface area contributed by atoms with Crippen LogP contribution in [0, 0.1) is 0 Å². The largest absolute Gasteiger partial charge is 0.290 e. The second-order valence-corrected chi connectivity index (χ2v) is 7.30. The predicted octanol–water partition coefficient (Wildman–Crippen LogP) is 3.42. The van der Waals surface area contributed by atoms with E-state index in [1.54, 1.807) is 38.1 Å². The monoisotopic (exact) mass is 317 g/mol. The van der Waals surface area contributed by atoms with Gasteiger partial charge in [-0.3, -0.25) is 4.79 Å². The molecule has 1 aromatic carbocycles. The van der Waals surface area contributed by atoms with Gasteiger partial charge in [-0.15, -0.1) is 0 Å². The number of hydrogen-bond donors (Lipinski definition) is 0. The molecule has 22 heavy (non-hydrogen) atoms. The minimum Gasteiger partial charge on any atom is -0.290 e. The fourth-order valence-electron chi connectivity index (χ4n) is 2.26. The lowest BCUT2D eigenvalue weighted by Crippen LogP contribution is -2.13. The van der Waals surface area contributed by atoms with Crippen LogP contribution in [0.5, 0.6) is 0 Å². The molecule has 0 radical (unpaired) electrons. The van der Waals surface area contributed by atoms with Crippen molar-refractivity contribution in [2.24, 2.45) is 4.40 Å². The molecular formula is C17H19NO3S. The number of allylic oxidation sites excluding steroid dienone is 4. The van der Waals surface area contributed by atoms with Crippen LogP contribution in [-0.4, -0.2) is 19.9 Å². The summed E-state index contributed by atoms with van der Waals surface area (Å²) in [6, 6.07) is 6.74. The third kappa shape index (κ3) is 3.42. The fraction of sp³-hybridized carbons (Fsp3) is 0.294. The summed E-state index contributed by atoms with van der Waals surface area (Å²) in [6.07, 6.45) is 2.78. The Balaban J connectivity index is 2.43. The highest BCUT2D eigenvalue weighted by molar-refractivity contribution is 7.90. The highest BCUT2D eigenvalue weighted by Gasteiger charge is 2.19. The van der Waals surface area contributed by atoms with Crippen LogP contribution in [0.1, 0.15) is 39.2 Å². The highest BCUT2D eigenvalue weighted by Crippen LogP contribution is 2.21. The van der Waals surface area contributed by atoms with Crippen molar-refractivity contribution in [1.82, 2.24) is 0 Å². The van der Waals surface area contributed by atoms with Crippen LogP contribution >= 0.6 is 0 Å². The zero-order valence-corrected chi connectivity index (χ0v) is 13.9. The van der Waals surface area contributed by atoms with Crippen LogP contribution in [0.3, 0.4) is 0 Å². The lowest BCUT2D eigenvalue weighted by atomic mass is 9.98. The van der Waals surface area contributed by atoms with Gasteiger partial charge in [-0.05, 0) is 60.8 Å². The molecule has 0 unspecified atom stereocenters. The third-order valence-corrected chi connectivity index (χ3v) is 4.81. The van der Waals surface area contributed by atoms with Gasteiger partial charge in [0.05, 0.1) is 10.6 Å². The van der Waals surface area contributed by atoms with E-state index in [9.17, 15) is 13.2 Å². The van der Waals surface area contributed by atoms with Gasteiger partial charge >= 0.3 is 0 Å². The van der Waals surface area contributed by atoms with Gasteiger partial charge < -0.3 is 0 Å². The van der Waals surface area contributed by atoms with Crippen molar-refractivity contribution in [2.45, 2.75) is 38.5 Å². The summed E-state index contributed by atoms with van der Waals surface area (Å²) in [4.78, 5) is 11.6. The van der Waals surface area contributed by atoms with Crippen molar-refractivity contribution in [3.05, 3.63) is 53.1 Å². The summed E-state index contributed by atoms with van der Waals surface area (Å²) in [5.74, 6) is 0.190. The zero-order chi connectivity index (χ0) is 16.5. The number of rotatable bonds is 3. The van der Waals surface area contributed by atoms with Crippen LogP contribution in [-0.2, 0) is 14.8 Å². The first-order chi connectivity index (χ1) is 10.2. The van der Waals surface area contributed by atoms with E-state index in [0.29, 0.717) is 22.8 Å². The summed E-state index contributed by atoms with van der Waals surface area (Å²) in [7, 11) is -3.79. The Hall–Kier alpha value is -2.01. The van der Waals surface area contributed by atoms with Gasteiger partial charge in [-0.1, -0.05) is 26.0 Å². The van der Waals surface area contributed by atoms with E-state index >= 15 is 0 Å². The first kappa shape index (κ1) is 16.4. The van der Waals surface area contributed by atoms with Gasteiger partial charge in [0.25, 0.3) is 10.0 Å². The van der Waals surface area contributed by atoms with Crippen molar-refractivity contribution in [1.29, 1.82) is 0 Å². The van der Waals surface area contributed by atoms with Crippen molar-refractivity contribution in [2.75, 3.05) is 0 Å². The summed E-state index contributed by atoms with van der Waals surface area (Å²) >= 11 is 0. The molecule has 0 bridgehead atoms. The average molecular weight is 317 g/mol. The molecule has 0 amide bonds. The molecule has 0 atom stereocenters. The molecule has 0 saturated heterocycles. The van der Waals surface area contributed by atoms with E-state index in [0.717, 1.165) is 5.56 Å². The maximum absolute atomic E-state index is 12.4. The van der Waals surface area contributed by atoms with Crippen LogP contribution in [0.4, 0.5) is 0 Å². The molecule has 1 aliphatic rings. The Morgan fingerprint density at radius 1 is 0.955 bits per heavy atom. The van der Waals surface area contributed by atoms with Gasteiger partial charge in [0.2, 0.25) is 0 Å². The van der Waals surface area contributed by atoms with Crippen LogP contribution < -0.4 is 0 Å². The third-order valence-electron chi connectivity index (χ3n) is 3.52. The van der Waals surface area contributed by atoms with E-state index in [1.807, 2.05) is 13.8 Å². The minimum absolute atomic E-state index is 0.146. The van der Waals surface area contributed by atoms with E-state index in [-0.39, 0.29) is 10.7 Å². The second kappa shape index (κ2) is 6.01. The van der Waals surface area contributed by atoms with Gasteiger partial charge in [0, 0.05) is 0 Å². The highest BCUT2D eigenvalue weighted by atomic mass is 32.2. The first-order valence-corrected chi connectivity index (χ1v) is 8.51. The Kier molecular flexibility index (Phi) is 4.47. The number of hydrogen-bond acceptors (Lipinski definition) is 3. The topological polar surface area (TPSA) is 63.6 Å². The average Bonchev–Trinajstić information content (AvgIpc) is 2.43. The molecule has 0 fully saturated rings. The Bertz CT molecular complexity index is 771. The molecule has 1 aromatic rings. The zero-order valence-electron chi connectivity index (χ0n) is 13.1. The van der Waals surface area contributed by atoms with Crippen molar-refractivity contribution >= 4 is 21.5 Å². The molecule has 2 rings (SSSR count). The summed E-state index contributed by atoms with van der Waals surface area (Å²) in [6.45, 7) is 7.46. The number of ketones is 1. The molecule has 116 valence electrons. The normalized spacial score (nSPS) is 15.7. The van der Waals surface area contributed by atoms with Crippen molar-refractivity contribution < 1.29 is 13.2 Å². The Morgan fingerprint density at radius 2 is 1.45 bits per heavy atom. The van der Waals surface area contributed by atoms with E-state index in [2.05, 4.69) is 4.40 Å². The maximum Gasteiger partial charge on any atom is 0.282 e. The molecule has 1 aliphatic carbocycles. The van der Waals surface area contributed by atoms with E-state index in [4.69, 9.17) is 0 Å². The molecule has 0 saturated carbocycles. The van der Waals surface area contributed by atoms with Crippen LogP contribution in [0.15, 0.2) is 56.9 Å². The number of carbonyl (C=O) groups is 1. The van der Waals surface area contributed by atoms with E-state index < -0.39 is 10.0 Å². The molecule has 0 spiro atoms. The molecular weight excluding hydrogens is 298 g/mol. The number of nitrogens with zero attached hydrogens (tertiary/aromatic N) is 1. The van der Waals surface area contributed by atoms with Crippen LogP contribution in [0.2, 0.25) is 0 Å². The molecule has 5 heteroatoms. The first-order valence-electron chi connectivity index (χ1n) is 7.07. The smallest absolute Gasteiger partial charge is 0.282 e. The standard InChI is InChI=1S/C17H19NO3S/c1-11(2)14-5-7-16(8-6-14)22(20,21)18-17-12(3)9-15(19)10-13(17)4/h5-11H,1-4H3. The summed E-state index contributed by atoms with van der Waals surface area (Å²) < 4.78 is 28.8. The summed E-state index contributed by atoms with van der Waals surface area (Å²) in [5.41, 5.74) is 2.54. The fourth-order valence-corrected chi connectivity index (χ4v) is 3.37. The number of sulfonamides is 1. The van der Waals surface area contributed by atoms with Crippen molar-refractivity contribution in [3.8, 4) is 0 Å². The van der Waals surface area contributed by atoms with Crippen molar-refractivity contribution in [3.63, 3.8) is 0 Å². The van der Waals surface area contributed by atoms with Gasteiger partial charge in [0.1, 0.15) is 0 Å². The number of benzene rings is 1. The lowest BCUT2D eigenvalue weighted by Gasteiger charge is -2.12. The minimum atomic E-state index is -3.79. The van der Waals surface area contributed by atoms with Gasteiger partial charge in [-0.25, -0.2) is 0 Å².